The SMILES string of the molecule is C.C.CCCC1OC2CC3C4CCC5=CC(=O)C=CC5(C)C4C(O)CC3(C)C2(C(=O)CNC)O1. The minimum atomic E-state index is -1.01. The first-order valence-electron chi connectivity index (χ1n) is 12.3. The molecule has 6 nitrogen and oxygen atoms in total. The molecule has 1 heterocycles. The number of likely N-dealkylation sites (N-methyl/N-ethyl adjacent to an activating group) is 1. The number of allylic oxidation sites excluding steroid dienone is 4. The number of Topliss-reactive ketones (excluding diaryl/α,β-unsaturated/α-hetero) is 1. The molecule has 0 spiro atoms. The number of carbonyl (C=O) groups excluding carboxylic acids is 2. The van der Waals surface area contributed by atoms with Crippen LogP contribution in [0.15, 0.2) is 23.8 Å². The van der Waals surface area contributed by atoms with Crippen LogP contribution in [0.5, 0.6) is 0 Å². The van der Waals surface area contributed by atoms with Crippen molar-refractivity contribution in [2.45, 2.75) is 98.2 Å². The molecule has 1 saturated heterocycles. The molecule has 0 aromatic carbocycles. The summed E-state index contributed by atoms with van der Waals surface area (Å²) in [7, 11) is 1.79. The van der Waals surface area contributed by atoms with Gasteiger partial charge in [0.05, 0.1) is 18.8 Å². The van der Waals surface area contributed by atoms with Gasteiger partial charge in [0.25, 0.3) is 0 Å². The maximum absolute atomic E-state index is 13.6. The third-order valence-corrected chi connectivity index (χ3v) is 9.57. The first kappa shape index (κ1) is 27.3. The quantitative estimate of drug-likeness (QED) is 0.619. The molecule has 4 aliphatic carbocycles. The van der Waals surface area contributed by atoms with Crippen molar-refractivity contribution in [1.29, 1.82) is 0 Å². The first-order valence-corrected chi connectivity index (χ1v) is 12.3. The Kier molecular flexibility index (Phi) is 7.43. The van der Waals surface area contributed by atoms with Crippen molar-refractivity contribution < 1.29 is 24.2 Å². The molecule has 0 aromatic heterocycles. The fraction of sp³-hybridized carbons (Fsp3) is 0.786. The summed E-state index contributed by atoms with van der Waals surface area (Å²) >= 11 is 0. The number of carbonyl (C=O) groups is 2. The normalized spacial score (nSPS) is 46.3. The molecule has 1 aliphatic heterocycles. The maximum Gasteiger partial charge on any atom is 0.181 e. The van der Waals surface area contributed by atoms with E-state index < -0.39 is 17.1 Å². The second kappa shape index (κ2) is 9.27. The highest BCUT2D eigenvalue weighted by molar-refractivity contribution is 6.01. The predicted molar refractivity (Wildman–Crippen MR) is 133 cm³/mol. The van der Waals surface area contributed by atoms with E-state index in [4.69, 9.17) is 9.47 Å². The van der Waals surface area contributed by atoms with E-state index >= 15 is 0 Å². The van der Waals surface area contributed by atoms with Gasteiger partial charge >= 0.3 is 0 Å². The molecule has 9 unspecified atom stereocenters. The summed E-state index contributed by atoms with van der Waals surface area (Å²) in [5.74, 6) is 0.609. The van der Waals surface area contributed by atoms with Crippen molar-refractivity contribution in [2.75, 3.05) is 13.6 Å². The molecule has 0 amide bonds. The van der Waals surface area contributed by atoms with E-state index in [0.717, 1.165) is 37.7 Å². The average molecular weight is 476 g/mol. The molecule has 34 heavy (non-hydrogen) atoms. The molecule has 0 bridgehead atoms. The maximum atomic E-state index is 13.6. The highest BCUT2D eigenvalue weighted by Gasteiger charge is 2.75. The van der Waals surface area contributed by atoms with Crippen LogP contribution < -0.4 is 5.32 Å². The van der Waals surface area contributed by atoms with Gasteiger partial charge in [-0.3, -0.25) is 9.59 Å². The fourth-order valence-electron chi connectivity index (χ4n) is 8.30. The predicted octanol–water partition coefficient (Wildman–Crippen LogP) is 4.22. The topological polar surface area (TPSA) is 84.9 Å². The van der Waals surface area contributed by atoms with Crippen molar-refractivity contribution in [3.63, 3.8) is 0 Å². The van der Waals surface area contributed by atoms with Crippen molar-refractivity contribution in [3.8, 4) is 0 Å². The van der Waals surface area contributed by atoms with E-state index in [9.17, 15) is 14.7 Å². The Morgan fingerprint density at radius 2 is 2.03 bits per heavy atom. The molecule has 6 heteroatoms. The number of hydrogen-bond donors (Lipinski definition) is 2. The lowest BCUT2D eigenvalue weighted by Gasteiger charge is -2.59. The Hall–Kier alpha value is -1.34. The van der Waals surface area contributed by atoms with E-state index in [-0.39, 0.29) is 68.5 Å². The van der Waals surface area contributed by atoms with Crippen molar-refractivity contribution in [2.24, 2.45) is 28.6 Å². The summed E-state index contributed by atoms with van der Waals surface area (Å²) in [4.78, 5) is 25.7. The monoisotopic (exact) mass is 475 g/mol. The van der Waals surface area contributed by atoms with Gasteiger partial charge < -0.3 is 19.9 Å². The minimum absolute atomic E-state index is 0. The van der Waals surface area contributed by atoms with Crippen molar-refractivity contribution in [1.82, 2.24) is 5.32 Å². The summed E-state index contributed by atoms with van der Waals surface area (Å²) in [5, 5.41) is 14.7. The van der Waals surface area contributed by atoms with Gasteiger partial charge in [-0.2, -0.15) is 0 Å². The molecular formula is C28H45NO5. The molecule has 5 aliphatic rings. The third-order valence-electron chi connectivity index (χ3n) is 9.57. The molecule has 192 valence electrons. The van der Waals surface area contributed by atoms with Gasteiger partial charge in [0.1, 0.15) is 0 Å². The summed E-state index contributed by atoms with van der Waals surface area (Å²) in [6, 6.07) is 0. The lowest BCUT2D eigenvalue weighted by Crippen LogP contribution is -2.64. The van der Waals surface area contributed by atoms with E-state index in [2.05, 4.69) is 26.1 Å². The zero-order valence-corrected chi connectivity index (χ0v) is 19.7. The standard InChI is InChI=1S/C26H37NO5.2CH4/c1-5-6-22-31-21-12-18-17-8-7-15-11-16(28)9-10-24(15,2)23(17)19(29)13-25(18,3)26(21,32-22)20(30)14-27-4;;/h9-11,17-19,21-23,27,29H,5-8,12-14H2,1-4H3;2*1H4. The molecule has 3 saturated carbocycles. The van der Waals surface area contributed by atoms with Crippen LogP contribution in [-0.4, -0.2) is 54.4 Å². The van der Waals surface area contributed by atoms with Crippen LogP contribution in [0.3, 0.4) is 0 Å². The number of ketones is 2. The van der Waals surface area contributed by atoms with E-state index in [1.165, 1.54) is 0 Å². The van der Waals surface area contributed by atoms with E-state index in [1.807, 2.05) is 6.08 Å². The number of ether oxygens (including phenoxy) is 2. The second-order valence-corrected chi connectivity index (χ2v) is 11.1. The number of fused-ring (bicyclic) bond motifs is 7. The van der Waals surface area contributed by atoms with Crippen molar-refractivity contribution >= 4 is 11.6 Å². The molecule has 2 N–H and O–H groups in total. The Balaban J connectivity index is 0.00000162. The first-order chi connectivity index (χ1) is 15.2. The Bertz CT molecular complexity index is 882. The molecule has 0 radical (unpaired) electrons. The van der Waals surface area contributed by atoms with Crippen LogP contribution in [0.25, 0.3) is 0 Å². The highest BCUT2D eigenvalue weighted by atomic mass is 16.7. The van der Waals surface area contributed by atoms with Gasteiger partial charge in [-0.1, -0.05) is 53.7 Å². The summed E-state index contributed by atoms with van der Waals surface area (Å²) < 4.78 is 13.0. The smallest absolute Gasteiger partial charge is 0.181 e. The van der Waals surface area contributed by atoms with Gasteiger partial charge in [-0.25, -0.2) is 0 Å². The Morgan fingerprint density at radius 1 is 1.29 bits per heavy atom. The molecule has 9 atom stereocenters. The zero-order valence-electron chi connectivity index (χ0n) is 19.7. The van der Waals surface area contributed by atoms with E-state index in [0.29, 0.717) is 6.42 Å². The lowest BCUT2D eigenvalue weighted by atomic mass is 9.46. The summed E-state index contributed by atoms with van der Waals surface area (Å²) in [5.41, 5.74) is -0.671. The highest BCUT2D eigenvalue weighted by Crippen LogP contribution is 2.69. The minimum Gasteiger partial charge on any atom is -0.393 e. The van der Waals surface area contributed by atoms with Gasteiger partial charge in [0.15, 0.2) is 23.5 Å². The molecule has 4 fully saturated rings. The van der Waals surface area contributed by atoms with Crippen LogP contribution in [0.1, 0.15) is 74.1 Å². The van der Waals surface area contributed by atoms with Gasteiger partial charge in [0, 0.05) is 16.7 Å². The lowest BCUT2D eigenvalue weighted by molar-refractivity contribution is -0.198. The fourth-order valence-corrected chi connectivity index (χ4v) is 8.30. The van der Waals surface area contributed by atoms with Crippen LogP contribution in [0.2, 0.25) is 0 Å². The summed E-state index contributed by atoms with van der Waals surface area (Å²) in [6.07, 6.45) is 9.05. The largest absolute Gasteiger partial charge is 0.393 e. The van der Waals surface area contributed by atoms with Crippen LogP contribution in [0.4, 0.5) is 0 Å². The molecular weight excluding hydrogens is 430 g/mol. The van der Waals surface area contributed by atoms with Crippen LogP contribution in [-0.2, 0) is 19.1 Å². The number of nitrogens with one attached hydrogen (secondary N) is 1. The van der Waals surface area contributed by atoms with E-state index in [1.54, 1.807) is 19.2 Å². The van der Waals surface area contributed by atoms with Crippen LogP contribution in [0, 0.1) is 28.6 Å². The molecule has 0 aromatic rings. The Labute approximate surface area is 205 Å². The third kappa shape index (κ3) is 3.43. The molecule has 5 rings (SSSR count). The van der Waals surface area contributed by atoms with Crippen molar-refractivity contribution in [3.05, 3.63) is 23.8 Å². The number of aliphatic hydroxyl groups is 1. The Morgan fingerprint density at radius 3 is 2.71 bits per heavy atom. The summed E-state index contributed by atoms with van der Waals surface area (Å²) in [6.45, 7) is 6.67. The number of aliphatic hydroxyl groups excluding tert-OH is 1. The van der Waals surface area contributed by atoms with Gasteiger partial charge in [-0.05, 0) is 63.1 Å². The number of rotatable bonds is 5. The zero-order chi connectivity index (χ0) is 22.9. The second-order valence-electron chi connectivity index (χ2n) is 11.1. The number of hydrogen-bond acceptors (Lipinski definition) is 6. The van der Waals surface area contributed by atoms with Crippen LogP contribution >= 0.6 is 0 Å². The van der Waals surface area contributed by atoms with Gasteiger partial charge in [-0.15, -0.1) is 0 Å². The average Bonchev–Trinajstić information content (AvgIpc) is 3.21. The van der Waals surface area contributed by atoms with Gasteiger partial charge in [0.2, 0.25) is 0 Å².